The zero-order valence-corrected chi connectivity index (χ0v) is 8.83. The number of hydrogen-bond donors (Lipinski definition) is 0. The molecule has 0 saturated heterocycles. The van der Waals surface area contributed by atoms with Gasteiger partial charge in [0.2, 0.25) is 0 Å². The van der Waals surface area contributed by atoms with Crippen molar-refractivity contribution < 1.29 is 19.1 Å². The van der Waals surface area contributed by atoms with Crippen LogP contribution in [0.1, 0.15) is 20.3 Å². The van der Waals surface area contributed by atoms with Gasteiger partial charge >= 0.3 is 5.97 Å². The second-order valence-electron chi connectivity index (χ2n) is 2.65. The molecule has 4 heteroatoms. The summed E-state index contributed by atoms with van der Waals surface area (Å²) >= 11 is 0. The first-order chi connectivity index (χ1) is 6.63. The van der Waals surface area contributed by atoms with Crippen LogP contribution in [-0.2, 0) is 19.1 Å². The van der Waals surface area contributed by atoms with Crippen molar-refractivity contribution in [1.29, 1.82) is 0 Å². The average Bonchev–Trinajstić information content (AvgIpc) is 2.16. The predicted octanol–water partition coefficient (Wildman–Crippen LogP) is 1.10. The normalized spacial score (nSPS) is 11.2. The van der Waals surface area contributed by atoms with E-state index in [9.17, 15) is 9.59 Å². The molecule has 0 aromatic heterocycles. The van der Waals surface area contributed by atoms with Crippen LogP contribution in [0.3, 0.4) is 0 Å². The molecule has 0 saturated carbocycles. The minimum absolute atomic E-state index is 0.0900. The van der Waals surface area contributed by atoms with Crippen LogP contribution in [0.15, 0.2) is 11.6 Å². The van der Waals surface area contributed by atoms with Crippen LogP contribution < -0.4 is 0 Å². The van der Waals surface area contributed by atoms with Gasteiger partial charge in [0.1, 0.15) is 0 Å². The highest BCUT2D eigenvalue weighted by molar-refractivity contribution is 6.16. The number of esters is 1. The highest BCUT2D eigenvalue weighted by atomic mass is 16.5. The summed E-state index contributed by atoms with van der Waals surface area (Å²) in [6.07, 6.45) is 2.08. The van der Waals surface area contributed by atoms with E-state index >= 15 is 0 Å². The van der Waals surface area contributed by atoms with Crippen LogP contribution in [0.25, 0.3) is 0 Å². The van der Waals surface area contributed by atoms with E-state index in [1.165, 1.54) is 14.0 Å². The van der Waals surface area contributed by atoms with Gasteiger partial charge in [-0.3, -0.25) is 4.79 Å². The van der Waals surface area contributed by atoms with Crippen molar-refractivity contribution in [3.05, 3.63) is 11.6 Å². The van der Waals surface area contributed by atoms with Gasteiger partial charge in [-0.1, -0.05) is 6.08 Å². The average molecular weight is 200 g/mol. The Labute approximate surface area is 83.9 Å². The van der Waals surface area contributed by atoms with Gasteiger partial charge in [0.05, 0.1) is 19.3 Å². The fourth-order valence-electron chi connectivity index (χ4n) is 0.912. The van der Waals surface area contributed by atoms with Crippen molar-refractivity contribution in [3.8, 4) is 0 Å². The van der Waals surface area contributed by atoms with Crippen molar-refractivity contribution in [2.24, 2.45) is 0 Å². The summed E-state index contributed by atoms with van der Waals surface area (Å²) in [7, 11) is 1.25. The number of methoxy groups -OCH3 is 1. The Morgan fingerprint density at radius 2 is 2.00 bits per heavy atom. The summed E-state index contributed by atoms with van der Waals surface area (Å²) in [6.45, 7) is 4.35. The number of carbonyl (C=O) groups is 2. The van der Waals surface area contributed by atoms with E-state index in [4.69, 9.17) is 4.74 Å². The van der Waals surface area contributed by atoms with Crippen LogP contribution in [0.4, 0.5) is 0 Å². The molecule has 80 valence electrons. The van der Waals surface area contributed by atoms with Gasteiger partial charge in [0, 0.05) is 6.61 Å². The molecule has 0 radical (unpaired) electrons. The lowest BCUT2D eigenvalue weighted by molar-refractivity contribution is -0.137. The fourth-order valence-corrected chi connectivity index (χ4v) is 0.912. The Hall–Kier alpha value is -1.16. The Bertz CT molecular complexity index is 230. The molecule has 0 bridgehead atoms. The maximum Gasteiger partial charge on any atom is 0.341 e. The first-order valence-electron chi connectivity index (χ1n) is 4.50. The molecule has 0 aliphatic heterocycles. The highest BCUT2D eigenvalue weighted by Crippen LogP contribution is 2.01. The third-order valence-electron chi connectivity index (χ3n) is 1.60. The molecule has 0 rings (SSSR count). The van der Waals surface area contributed by atoms with Gasteiger partial charge in [-0.15, -0.1) is 0 Å². The van der Waals surface area contributed by atoms with E-state index in [0.717, 1.165) is 0 Å². The Kier molecular flexibility index (Phi) is 6.66. The van der Waals surface area contributed by atoms with Crippen molar-refractivity contribution in [1.82, 2.24) is 0 Å². The predicted molar refractivity (Wildman–Crippen MR) is 51.9 cm³/mol. The molecule has 4 nitrogen and oxygen atoms in total. The van der Waals surface area contributed by atoms with Gasteiger partial charge in [-0.25, -0.2) is 4.79 Å². The van der Waals surface area contributed by atoms with Crippen LogP contribution in [-0.4, -0.2) is 32.1 Å². The molecule has 0 N–H and O–H groups in total. The van der Waals surface area contributed by atoms with Crippen molar-refractivity contribution >= 4 is 11.8 Å². The number of carbonyl (C=O) groups excluding carboxylic acids is 2. The number of rotatable bonds is 6. The second kappa shape index (κ2) is 7.26. The first kappa shape index (κ1) is 12.8. The molecule has 0 aromatic rings. The van der Waals surface area contributed by atoms with E-state index in [1.807, 2.05) is 6.92 Å². The summed E-state index contributed by atoms with van der Waals surface area (Å²) in [6, 6.07) is 0. The topological polar surface area (TPSA) is 52.6 Å². The summed E-state index contributed by atoms with van der Waals surface area (Å²) in [4.78, 5) is 22.1. The smallest absolute Gasteiger partial charge is 0.341 e. The lowest BCUT2D eigenvalue weighted by Crippen LogP contribution is -2.12. The molecule has 0 heterocycles. The minimum Gasteiger partial charge on any atom is -0.465 e. The van der Waals surface area contributed by atoms with E-state index < -0.39 is 5.97 Å². The molecule has 0 aromatic carbocycles. The van der Waals surface area contributed by atoms with Crippen molar-refractivity contribution in [2.75, 3.05) is 20.3 Å². The second-order valence-corrected chi connectivity index (χ2v) is 2.65. The molecule has 0 aliphatic rings. The van der Waals surface area contributed by atoms with Crippen LogP contribution >= 0.6 is 0 Å². The molecule has 0 spiro atoms. The lowest BCUT2D eigenvalue weighted by Gasteiger charge is -2.01. The molecule has 0 atom stereocenters. The maximum absolute atomic E-state index is 11.1. The van der Waals surface area contributed by atoms with Crippen molar-refractivity contribution in [2.45, 2.75) is 20.3 Å². The van der Waals surface area contributed by atoms with Gasteiger partial charge in [0.15, 0.2) is 5.78 Å². The first-order valence-corrected chi connectivity index (χ1v) is 4.50. The van der Waals surface area contributed by atoms with E-state index in [0.29, 0.717) is 19.6 Å². The highest BCUT2D eigenvalue weighted by Gasteiger charge is 2.13. The maximum atomic E-state index is 11.1. The molecule has 0 fully saturated rings. The Morgan fingerprint density at radius 3 is 2.43 bits per heavy atom. The zero-order chi connectivity index (χ0) is 11.0. The van der Waals surface area contributed by atoms with Gasteiger partial charge < -0.3 is 9.47 Å². The lowest BCUT2D eigenvalue weighted by atomic mass is 10.1. The largest absolute Gasteiger partial charge is 0.465 e. The minimum atomic E-state index is -0.589. The van der Waals surface area contributed by atoms with Crippen LogP contribution in [0.2, 0.25) is 0 Å². The summed E-state index contributed by atoms with van der Waals surface area (Å²) in [5.41, 5.74) is 0.0900. The SMILES string of the molecule is CCOCCC=C(C(C)=O)C(=O)OC. The monoisotopic (exact) mass is 200 g/mol. The van der Waals surface area contributed by atoms with E-state index in [-0.39, 0.29) is 11.4 Å². The van der Waals surface area contributed by atoms with E-state index in [2.05, 4.69) is 4.74 Å². The third kappa shape index (κ3) is 4.77. The number of Topliss-reactive ketones (excluding diaryl/α,β-unsaturated/α-hetero) is 1. The quantitative estimate of drug-likeness (QED) is 0.212. The Morgan fingerprint density at radius 1 is 1.36 bits per heavy atom. The summed E-state index contributed by atoms with van der Waals surface area (Å²) in [5, 5.41) is 0. The number of ether oxygens (including phenoxy) is 2. The number of ketones is 1. The van der Waals surface area contributed by atoms with E-state index in [1.54, 1.807) is 6.08 Å². The van der Waals surface area contributed by atoms with Gasteiger partial charge in [-0.2, -0.15) is 0 Å². The fraction of sp³-hybridized carbons (Fsp3) is 0.600. The Balaban J connectivity index is 4.20. The standard InChI is InChI=1S/C10H16O4/c1-4-14-7-5-6-9(8(2)11)10(12)13-3/h6H,4-5,7H2,1-3H3. The molecular weight excluding hydrogens is 184 g/mol. The van der Waals surface area contributed by atoms with Crippen molar-refractivity contribution in [3.63, 3.8) is 0 Å². The van der Waals surface area contributed by atoms with Crippen LogP contribution in [0.5, 0.6) is 0 Å². The third-order valence-corrected chi connectivity index (χ3v) is 1.60. The molecule has 14 heavy (non-hydrogen) atoms. The summed E-state index contributed by atoms with van der Waals surface area (Å²) in [5.74, 6) is -0.873. The molecule has 0 amide bonds. The molecular formula is C10H16O4. The summed E-state index contributed by atoms with van der Waals surface area (Å²) < 4.78 is 9.53. The zero-order valence-electron chi connectivity index (χ0n) is 8.83. The molecule has 0 aliphatic carbocycles. The molecule has 0 unspecified atom stereocenters. The number of hydrogen-bond acceptors (Lipinski definition) is 4. The van der Waals surface area contributed by atoms with Crippen LogP contribution in [0, 0.1) is 0 Å². The van der Waals surface area contributed by atoms with Gasteiger partial charge in [-0.05, 0) is 20.3 Å². The van der Waals surface area contributed by atoms with Gasteiger partial charge in [0.25, 0.3) is 0 Å².